The first-order chi connectivity index (χ1) is 16.0. The number of rotatable bonds is 7. The fourth-order valence-corrected chi connectivity index (χ4v) is 4.16. The van der Waals surface area contributed by atoms with E-state index in [4.69, 9.17) is 9.47 Å². The first-order valence-corrected chi connectivity index (χ1v) is 11.1. The van der Waals surface area contributed by atoms with Crippen LogP contribution in [0.2, 0.25) is 0 Å². The average molecular weight is 445 g/mol. The highest BCUT2D eigenvalue weighted by Gasteiger charge is 2.31. The van der Waals surface area contributed by atoms with Crippen molar-refractivity contribution in [3.63, 3.8) is 0 Å². The molecule has 2 amide bonds. The van der Waals surface area contributed by atoms with Crippen molar-refractivity contribution in [1.29, 1.82) is 0 Å². The molecule has 1 aliphatic heterocycles. The molecule has 0 bridgehead atoms. The van der Waals surface area contributed by atoms with Crippen LogP contribution >= 0.6 is 0 Å². The van der Waals surface area contributed by atoms with E-state index in [1.54, 1.807) is 43.5 Å². The van der Waals surface area contributed by atoms with Gasteiger partial charge in [0.15, 0.2) is 0 Å². The van der Waals surface area contributed by atoms with Crippen LogP contribution in [0.1, 0.15) is 45.7 Å². The predicted molar refractivity (Wildman–Crippen MR) is 128 cm³/mol. The van der Waals surface area contributed by atoms with Crippen LogP contribution in [0.4, 0.5) is 5.69 Å². The van der Waals surface area contributed by atoms with Gasteiger partial charge in [0, 0.05) is 23.8 Å². The molecule has 0 aliphatic carbocycles. The summed E-state index contributed by atoms with van der Waals surface area (Å²) in [5, 5.41) is 2.97. The molecule has 6 nitrogen and oxygen atoms in total. The summed E-state index contributed by atoms with van der Waals surface area (Å²) < 4.78 is 10.8. The second-order valence-electron chi connectivity index (χ2n) is 8.03. The maximum atomic E-state index is 13.3. The predicted octanol–water partition coefficient (Wildman–Crippen LogP) is 4.62. The molecule has 0 fully saturated rings. The number of nitrogens with zero attached hydrogens (tertiary/aromatic N) is 1. The third-order valence-electron chi connectivity index (χ3n) is 5.81. The van der Waals surface area contributed by atoms with Gasteiger partial charge in [0.1, 0.15) is 11.5 Å². The zero-order valence-corrected chi connectivity index (χ0v) is 19.1. The number of hydrogen-bond donors (Lipinski definition) is 1. The van der Waals surface area contributed by atoms with E-state index in [1.165, 1.54) is 0 Å². The van der Waals surface area contributed by atoms with Crippen molar-refractivity contribution >= 4 is 17.5 Å². The van der Waals surface area contributed by atoms with Crippen LogP contribution in [0.5, 0.6) is 11.5 Å². The lowest BCUT2D eigenvalue weighted by Crippen LogP contribution is -2.35. The Kier molecular flexibility index (Phi) is 6.63. The fourth-order valence-electron chi connectivity index (χ4n) is 4.16. The molecule has 3 aromatic rings. The van der Waals surface area contributed by atoms with Gasteiger partial charge in [0.25, 0.3) is 11.8 Å². The molecule has 1 N–H and O–H groups in total. The lowest BCUT2D eigenvalue weighted by atomic mass is 10.1. The van der Waals surface area contributed by atoms with E-state index in [-0.39, 0.29) is 17.9 Å². The zero-order valence-electron chi connectivity index (χ0n) is 19.1. The van der Waals surface area contributed by atoms with Crippen LogP contribution in [0.3, 0.4) is 0 Å². The minimum atomic E-state index is -0.195. The van der Waals surface area contributed by atoms with Crippen LogP contribution in [-0.2, 0) is 13.0 Å². The Labute approximate surface area is 194 Å². The quantitative estimate of drug-likeness (QED) is 0.578. The first-order valence-electron chi connectivity index (χ1n) is 11.1. The first kappa shape index (κ1) is 22.4. The highest BCUT2D eigenvalue weighted by molar-refractivity contribution is 6.08. The van der Waals surface area contributed by atoms with Gasteiger partial charge < -0.3 is 19.7 Å². The van der Waals surface area contributed by atoms with E-state index in [9.17, 15) is 9.59 Å². The molecule has 0 unspecified atom stereocenters. The molecule has 6 heteroatoms. The maximum Gasteiger partial charge on any atom is 0.258 e. The summed E-state index contributed by atoms with van der Waals surface area (Å²) in [6.45, 7) is 4.78. The second-order valence-corrected chi connectivity index (χ2v) is 8.03. The van der Waals surface area contributed by atoms with Gasteiger partial charge in [-0.3, -0.25) is 9.59 Å². The molecule has 1 aliphatic rings. The lowest BCUT2D eigenvalue weighted by molar-refractivity contribution is 0.0945. The molecule has 0 saturated heterocycles. The van der Waals surface area contributed by atoms with Crippen molar-refractivity contribution in [2.45, 2.75) is 32.9 Å². The number of ether oxygens (including phenoxy) is 2. The third-order valence-corrected chi connectivity index (χ3v) is 5.81. The molecule has 1 atom stereocenters. The molecule has 0 saturated carbocycles. The van der Waals surface area contributed by atoms with Crippen LogP contribution in [0.15, 0.2) is 66.7 Å². The number of benzene rings is 3. The van der Waals surface area contributed by atoms with E-state index in [0.29, 0.717) is 35.8 Å². The summed E-state index contributed by atoms with van der Waals surface area (Å²) in [7, 11) is 1.60. The summed E-state index contributed by atoms with van der Waals surface area (Å²) >= 11 is 0. The molecule has 0 radical (unpaired) electrons. The summed E-state index contributed by atoms with van der Waals surface area (Å²) in [4.78, 5) is 27.9. The maximum absolute atomic E-state index is 13.3. The Hall–Kier alpha value is -3.80. The number of para-hydroxylation sites is 1. The number of anilines is 1. The number of carbonyl (C=O) groups excluding carboxylic acids is 2. The standard InChI is InChI=1S/C27H28N2O4/c1-4-33-25-8-6-5-7-23(25)26(30)28-17-19-9-10-21-15-18(2)29(24(21)16-19)27(31)20-11-13-22(32-3)14-12-20/h5-14,16,18H,4,15,17H2,1-3H3,(H,28,30)/t18-/m1/s1. The molecule has 33 heavy (non-hydrogen) atoms. The van der Waals surface area contributed by atoms with E-state index < -0.39 is 0 Å². The highest BCUT2D eigenvalue weighted by Crippen LogP contribution is 2.34. The van der Waals surface area contributed by atoms with Crippen molar-refractivity contribution in [3.8, 4) is 11.5 Å². The van der Waals surface area contributed by atoms with Crippen molar-refractivity contribution in [2.24, 2.45) is 0 Å². The number of amides is 2. The molecule has 0 spiro atoms. The SMILES string of the molecule is CCOc1ccccc1C(=O)NCc1ccc2c(c1)N(C(=O)c1ccc(OC)cc1)[C@H](C)C2. The Bertz CT molecular complexity index is 1160. The molecular formula is C27H28N2O4. The smallest absolute Gasteiger partial charge is 0.258 e. The normalized spacial score (nSPS) is 14.5. The molecule has 0 aromatic heterocycles. The molecular weight excluding hydrogens is 416 g/mol. The highest BCUT2D eigenvalue weighted by atomic mass is 16.5. The molecule has 170 valence electrons. The van der Waals surface area contributed by atoms with Gasteiger partial charge in [-0.15, -0.1) is 0 Å². The Balaban J connectivity index is 1.51. The largest absolute Gasteiger partial charge is 0.497 e. The minimum Gasteiger partial charge on any atom is -0.497 e. The van der Waals surface area contributed by atoms with Crippen molar-refractivity contribution in [2.75, 3.05) is 18.6 Å². The summed E-state index contributed by atoms with van der Waals surface area (Å²) in [5.74, 6) is 1.04. The van der Waals surface area contributed by atoms with Gasteiger partial charge in [-0.25, -0.2) is 0 Å². The summed E-state index contributed by atoms with van der Waals surface area (Å²) in [6, 6.07) is 20.4. The van der Waals surface area contributed by atoms with E-state index in [0.717, 1.165) is 23.2 Å². The van der Waals surface area contributed by atoms with Gasteiger partial charge >= 0.3 is 0 Å². The number of methoxy groups -OCH3 is 1. The van der Waals surface area contributed by atoms with Crippen molar-refractivity contribution in [3.05, 3.63) is 89.0 Å². The van der Waals surface area contributed by atoms with Crippen molar-refractivity contribution < 1.29 is 19.1 Å². The molecule has 3 aromatic carbocycles. The van der Waals surface area contributed by atoms with E-state index >= 15 is 0 Å². The molecule has 4 rings (SSSR count). The monoisotopic (exact) mass is 444 g/mol. The number of nitrogens with one attached hydrogen (secondary N) is 1. The van der Waals surface area contributed by atoms with Crippen LogP contribution in [-0.4, -0.2) is 31.6 Å². The van der Waals surface area contributed by atoms with Gasteiger partial charge in [0.05, 0.1) is 19.3 Å². The minimum absolute atomic E-state index is 0.0456. The van der Waals surface area contributed by atoms with Gasteiger partial charge in [0.2, 0.25) is 0 Å². The van der Waals surface area contributed by atoms with Crippen molar-refractivity contribution in [1.82, 2.24) is 5.32 Å². The fraction of sp³-hybridized carbons (Fsp3) is 0.259. The van der Waals surface area contributed by atoms with Gasteiger partial charge in [-0.2, -0.15) is 0 Å². The Morgan fingerprint density at radius 3 is 2.55 bits per heavy atom. The average Bonchev–Trinajstić information content (AvgIpc) is 3.17. The summed E-state index contributed by atoms with van der Waals surface area (Å²) in [6.07, 6.45) is 0.797. The summed E-state index contributed by atoms with van der Waals surface area (Å²) in [5.41, 5.74) is 4.07. The van der Waals surface area contributed by atoms with Crippen LogP contribution in [0, 0.1) is 0 Å². The van der Waals surface area contributed by atoms with Gasteiger partial charge in [-0.05, 0) is 73.9 Å². The lowest BCUT2D eigenvalue weighted by Gasteiger charge is -2.23. The number of carbonyl (C=O) groups is 2. The zero-order chi connectivity index (χ0) is 23.4. The number of fused-ring (bicyclic) bond motifs is 1. The van der Waals surface area contributed by atoms with Crippen LogP contribution < -0.4 is 19.7 Å². The van der Waals surface area contributed by atoms with Gasteiger partial charge in [-0.1, -0.05) is 24.3 Å². The Morgan fingerprint density at radius 1 is 1.06 bits per heavy atom. The van der Waals surface area contributed by atoms with E-state index in [1.807, 2.05) is 49.1 Å². The van der Waals surface area contributed by atoms with E-state index in [2.05, 4.69) is 5.32 Å². The third kappa shape index (κ3) is 4.70. The number of hydrogen-bond acceptors (Lipinski definition) is 4. The van der Waals surface area contributed by atoms with Crippen LogP contribution in [0.25, 0.3) is 0 Å². The second kappa shape index (κ2) is 9.77. The molecule has 1 heterocycles. The topological polar surface area (TPSA) is 67.9 Å². The Morgan fingerprint density at radius 2 is 1.82 bits per heavy atom.